The predicted molar refractivity (Wildman–Crippen MR) is 78.6 cm³/mol. The molecule has 8 nitrogen and oxygen atoms in total. The second-order valence-electron chi connectivity index (χ2n) is 4.77. The van der Waals surface area contributed by atoms with Gasteiger partial charge in [-0.2, -0.15) is 0 Å². The molecule has 0 spiro atoms. The van der Waals surface area contributed by atoms with Crippen molar-refractivity contribution in [2.45, 2.75) is 39.3 Å². The number of hydrogen-bond acceptors (Lipinski definition) is 5. The smallest absolute Gasteiger partial charge is 0.329 e. The first-order valence-electron chi connectivity index (χ1n) is 7.04. The quantitative estimate of drug-likeness (QED) is 0.248. The van der Waals surface area contributed by atoms with Crippen LogP contribution in [0.4, 0.5) is 0 Å². The maximum atomic E-state index is 12.1. The van der Waals surface area contributed by atoms with Gasteiger partial charge in [0.15, 0.2) is 0 Å². The van der Waals surface area contributed by atoms with E-state index in [4.69, 9.17) is 10.3 Å². The monoisotopic (exact) mass is 294 g/mol. The Labute approximate surface area is 124 Å². The highest BCUT2D eigenvalue weighted by atomic mass is 16.5. The van der Waals surface area contributed by atoms with Gasteiger partial charge in [0.2, 0.25) is 0 Å². The highest BCUT2D eigenvalue weighted by molar-refractivity contribution is 5.77. The fraction of sp³-hybridized carbons (Fsp3) is 0.692. The molecule has 0 saturated heterocycles. The minimum Gasteiger partial charge on any atom is -0.465 e. The Hall–Kier alpha value is -2.05. The summed E-state index contributed by atoms with van der Waals surface area (Å²) in [5.74, 6) is -0.330. The molecular weight excluding hydrogens is 272 g/mol. The normalized spacial score (nSPS) is 12.0. The van der Waals surface area contributed by atoms with Gasteiger partial charge in [0, 0.05) is 17.5 Å². The van der Waals surface area contributed by atoms with Crippen LogP contribution in [0.15, 0.2) is 17.6 Å². The zero-order valence-electron chi connectivity index (χ0n) is 12.7. The predicted octanol–water partition coefficient (Wildman–Crippen LogP) is 2.36. The van der Waals surface area contributed by atoms with Crippen LogP contribution in [-0.2, 0) is 9.53 Å². The van der Waals surface area contributed by atoms with Crippen LogP contribution < -0.4 is 5.32 Å². The van der Waals surface area contributed by atoms with E-state index in [0.29, 0.717) is 26.1 Å². The molecule has 1 atom stereocenters. The van der Waals surface area contributed by atoms with Gasteiger partial charge in [0.1, 0.15) is 6.04 Å². The standard InChI is InChI=1S/C13H22N6O2/c1-4-21-13(20)12(16-6-5-7-17-18-14)11-8-15-9-19(11)10(2)3/h8-10,12,16H,4-7H2,1-3H3. The van der Waals surface area contributed by atoms with Gasteiger partial charge in [-0.15, -0.1) is 0 Å². The Kier molecular flexibility index (Phi) is 7.28. The van der Waals surface area contributed by atoms with E-state index in [1.54, 1.807) is 19.4 Å². The van der Waals surface area contributed by atoms with E-state index in [-0.39, 0.29) is 12.0 Å². The molecule has 0 aromatic carbocycles. The van der Waals surface area contributed by atoms with Crippen LogP contribution in [0, 0.1) is 0 Å². The summed E-state index contributed by atoms with van der Waals surface area (Å²) >= 11 is 0. The molecular formula is C13H22N6O2. The van der Waals surface area contributed by atoms with Gasteiger partial charge in [-0.05, 0) is 39.3 Å². The van der Waals surface area contributed by atoms with E-state index in [1.807, 2.05) is 18.4 Å². The summed E-state index contributed by atoms with van der Waals surface area (Å²) in [5, 5.41) is 6.61. The first-order chi connectivity index (χ1) is 10.1. The number of imidazole rings is 1. The van der Waals surface area contributed by atoms with Crippen LogP contribution in [0.2, 0.25) is 0 Å². The molecule has 21 heavy (non-hydrogen) atoms. The fourth-order valence-corrected chi connectivity index (χ4v) is 1.95. The molecule has 0 aliphatic heterocycles. The maximum absolute atomic E-state index is 12.1. The highest BCUT2D eigenvalue weighted by Gasteiger charge is 2.25. The number of carbonyl (C=O) groups excluding carboxylic acids is 1. The zero-order valence-corrected chi connectivity index (χ0v) is 12.7. The van der Waals surface area contributed by atoms with Crippen molar-refractivity contribution in [1.29, 1.82) is 0 Å². The van der Waals surface area contributed by atoms with Crippen LogP contribution >= 0.6 is 0 Å². The number of hydrogen-bond donors (Lipinski definition) is 1. The van der Waals surface area contributed by atoms with Crippen molar-refractivity contribution in [2.24, 2.45) is 5.11 Å². The Morgan fingerprint density at radius 1 is 1.62 bits per heavy atom. The molecule has 0 saturated carbocycles. The molecule has 1 N–H and O–H groups in total. The first kappa shape index (κ1) is 17.0. The summed E-state index contributed by atoms with van der Waals surface area (Å²) in [7, 11) is 0. The minimum atomic E-state index is -0.569. The molecule has 0 aliphatic rings. The average molecular weight is 294 g/mol. The highest BCUT2D eigenvalue weighted by Crippen LogP contribution is 2.18. The van der Waals surface area contributed by atoms with Crippen LogP contribution in [0.3, 0.4) is 0 Å². The lowest BCUT2D eigenvalue weighted by Crippen LogP contribution is -2.33. The first-order valence-corrected chi connectivity index (χ1v) is 7.04. The summed E-state index contributed by atoms with van der Waals surface area (Å²) in [6.45, 7) is 7.08. The summed E-state index contributed by atoms with van der Waals surface area (Å²) in [4.78, 5) is 18.9. The second kappa shape index (κ2) is 8.99. The summed E-state index contributed by atoms with van der Waals surface area (Å²) in [6, 6.07) is -0.370. The van der Waals surface area contributed by atoms with Gasteiger partial charge in [0.25, 0.3) is 0 Å². The van der Waals surface area contributed by atoms with E-state index in [9.17, 15) is 4.79 Å². The number of rotatable bonds is 9. The van der Waals surface area contributed by atoms with Crippen LogP contribution in [0.25, 0.3) is 10.4 Å². The molecule has 0 aliphatic carbocycles. The zero-order chi connectivity index (χ0) is 15.7. The van der Waals surface area contributed by atoms with E-state index in [1.165, 1.54) is 0 Å². The number of aromatic nitrogens is 2. The average Bonchev–Trinajstić information content (AvgIpc) is 2.92. The fourth-order valence-electron chi connectivity index (χ4n) is 1.95. The van der Waals surface area contributed by atoms with E-state index >= 15 is 0 Å². The van der Waals surface area contributed by atoms with Crippen LogP contribution in [-0.4, -0.2) is 35.2 Å². The third-order valence-electron chi connectivity index (χ3n) is 2.92. The third-order valence-corrected chi connectivity index (χ3v) is 2.92. The number of esters is 1. The van der Waals surface area contributed by atoms with E-state index < -0.39 is 6.04 Å². The molecule has 1 aromatic heterocycles. The molecule has 0 bridgehead atoms. The maximum Gasteiger partial charge on any atom is 0.329 e. The summed E-state index contributed by atoms with van der Waals surface area (Å²) in [5.41, 5.74) is 9.00. The number of nitrogens with zero attached hydrogens (tertiary/aromatic N) is 5. The van der Waals surface area contributed by atoms with Crippen LogP contribution in [0.5, 0.6) is 0 Å². The van der Waals surface area contributed by atoms with Crippen molar-refractivity contribution in [3.63, 3.8) is 0 Å². The number of carbonyl (C=O) groups is 1. The largest absolute Gasteiger partial charge is 0.465 e. The van der Waals surface area contributed by atoms with Crippen molar-refractivity contribution in [3.05, 3.63) is 28.7 Å². The van der Waals surface area contributed by atoms with E-state index in [0.717, 1.165) is 5.69 Å². The Morgan fingerprint density at radius 3 is 3.00 bits per heavy atom. The molecule has 1 heterocycles. The molecule has 1 rings (SSSR count). The number of ether oxygens (including phenoxy) is 1. The lowest BCUT2D eigenvalue weighted by atomic mass is 10.2. The van der Waals surface area contributed by atoms with E-state index in [2.05, 4.69) is 20.3 Å². The lowest BCUT2D eigenvalue weighted by Gasteiger charge is -2.20. The Bertz CT molecular complexity index is 493. The number of azide groups is 1. The molecule has 0 fully saturated rings. The Balaban J connectivity index is 2.79. The van der Waals surface area contributed by atoms with Gasteiger partial charge >= 0.3 is 5.97 Å². The SMILES string of the molecule is CCOC(=O)C(NCCCN=[N+]=[N-])c1cncn1C(C)C. The summed E-state index contributed by atoms with van der Waals surface area (Å²) in [6.07, 6.45) is 4.02. The van der Waals surface area contributed by atoms with Crippen molar-refractivity contribution in [2.75, 3.05) is 19.7 Å². The third kappa shape index (κ3) is 5.09. The molecule has 116 valence electrons. The topological polar surface area (TPSA) is 105 Å². The number of nitrogens with one attached hydrogen (secondary N) is 1. The van der Waals surface area contributed by atoms with Crippen molar-refractivity contribution in [1.82, 2.24) is 14.9 Å². The van der Waals surface area contributed by atoms with Gasteiger partial charge in [-0.1, -0.05) is 5.11 Å². The van der Waals surface area contributed by atoms with Crippen molar-refractivity contribution >= 4 is 5.97 Å². The molecule has 1 unspecified atom stereocenters. The van der Waals surface area contributed by atoms with Gasteiger partial charge in [0.05, 0.1) is 24.8 Å². The van der Waals surface area contributed by atoms with Gasteiger partial charge in [-0.3, -0.25) is 5.32 Å². The van der Waals surface area contributed by atoms with Gasteiger partial charge < -0.3 is 9.30 Å². The van der Waals surface area contributed by atoms with Gasteiger partial charge in [-0.25, -0.2) is 9.78 Å². The van der Waals surface area contributed by atoms with Crippen molar-refractivity contribution in [3.8, 4) is 0 Å². The summed E-state index contributed by atoms with van der Waals surface area (Å²) < 4.78 is 7.05. The molecule has 0 radical (unpaired) electrons. The Morgan fingerprint density at radius 2 is 2.38 bits per heavy atom. The van der Waals surface area contributed by atoms with Crippen molar-refractivity contribution < 1.29 is 9.53 Å². The second-order valence-corrected chi connectivity index (χ2v) is 4.77. The molecule has 8 heteroatoms. The van der Waals surface area contributed by atoms with Crippen LogP contribution in [0.1, 0.15) is 45.0 Å². The minimum absolute atomic E-state index is 0.199. The molecule has 0 amide bonds. The lowest BCUT2D eigenvalue weighted by molar-refractivity contribution is -0.146. The molecule has 1 aromatic rings.